The van der Waals surface area contributed by atoms with E-state index in [4.69, 9.17) is 11.5 Å². The van der Waals surface area contributed by atoms with Crippen molar-refractivity contribution in [2.75, 3.05) is 13.1 Å². The van der Waals surface area contributed by atoms with E-state index in [1.807, 2.05) is 0 Å². The first-order chi connectivity index (χ1) is 9.13. The van der Waals surface area contributed by atoms with Gasteiger partial charge in [-0.05, 0) is 26.4 Å². The second-order valence-electron chi connectivity index (χ2n) is 4.17. The molecule has 6 N–H and O–H groups in total. The monoisotopic (exact) mass is 283 g/mol. The first-order valence-electron chi connectivity index (χ1n) is 6.16. The fourth-order valence-electron chi connectivity index (χ4n) is 1.47. The summed E-state index contributed by atoms with van der Waals surface area (Å²) in [6, 6.07) is -0.641. The van der Waals surface area contributed by atoms with Gasteiger partial charge in [0.05, 0.1) is 12.4 Å². The SMILES string of the molecule is [CH2]C(N)[CH]SC(=O)[C@H](Cc1cnc[nH]1)NCCCN. The predicted octanol–water partition coefficient (Wildman–Crippen LogP) is -0.158. The van der Waals surface area contributed by atoms with Gasteiger partial charge in [0.25, 0.3) is 0 Å². The van der Waals surface area contributed by atoms with Crippen LogP contribution in [0.4, 0.5) is 0 Å². The molecule has 1 heterocycles. The number of H-pyrrole nitrogens is 1. The van der Waals surface area contributed by atoms with Crippen LogP contribution in [0.25, 0.3) is 0 Å². The molecule has 2 atom stereocenters. The lowest BCUT2D eigenvalue weighted by atomic mass is 10.2. The summed E-state index contributed by atoms with van der Waals surface area (Å²) >= 11 is 1.09. The summed E-state index contributed by atoms with van der Waals surface area (Å²) in [6.07, 6.45) is 4.71. The molecular formula is C12H21N5OS. The number of hydrogen-bond donors (Lipinski definition) is 4. The maximum atomic E-state index is 12.1. The molecule has 7 heteroatoms. The lowest BCUT2D eigenvalue weighted by molar-refractivity contribution is -0.112. The van der Waals surface area contributed by atoms with E-state index in [0.29, 0.717) is 19.5 Å². The molecule has 0 aromatic carbocycles. The van der Waals surface area contributed by atoms with Crippen molar-refractivity contribution >= 4 is 16.9 Å². The molecule has 0 aliphatic rings. The first kappa shape index (κ1) is 16.2. The average Bonchev–Trinajstić information content (AvgIpc) is 2.88. The fraction of sp³-hybridized carbons (Fsp3) is 0.500. The lowest BCUT2D eigenvalue weighted by Gasteiger charge is -2.16. The van der Waals surface area contributed by atoms with Crippen LogP contribution in [0.5, 0.6) is 0 Å². The van der Waals surface area contributed by atoms with Crippen LogP contribution in [0.2, 0.25) is 0 Å². The zero-order valence-electron chi connectivity index (χ0n) is 10.8. The molecule has 106 valence electrons. The molecule has 0 spiro atoms. The Balaban J connectivity index is 2.49. The zero-order chi connectivity index (χ0) is 14.1. The molecule has 0 saturated heterocycles. The quantitative estimate of drug-likeness (QED) is 0.469. The molecule has 0 aliphatic carbocycles. The van der Waals surface area contributed by atoms with Gasteiger partial charge >= 0.3 is 0 Å². The molecule has 1 aromatic heterocycles. The number of hydrogen-bond acceptors (Lipinski definition) is 6. The van der Waals surface area contributed by atoms with Gasteiger partial charge in [-0.2, -0.15) is 0 Å². The van der Waals surface area contributed by atoms with Gasteiger partial charge in [-0.3, -0.25) is 4.79 Å². The van der Waals surface area contributed by atoms with E-state index in [0.717, 1.165) is 23.9 Å². The minimum Gasteiger partial charge on any atom is -0.348 e. The standard InChI is InChI=1S/C12H21N5OS/c1-9(14)7-19-12(18)11(16-4-2-3-13)5-10-6-15-8-17-10/h6-9,11,16H,1-5,13-14H2,(H,15,17)/t9?,11-/m0/s1. The minimum atomic E-state index is -0.356. The van der Waals surface area contributed by atoms with E-state index in [2.05, 4.69) is 22.2 Å². The van der Waals surface area contributed by atoms with Gasteiger partial charge in [0, 0.05) is 30.1 Å². The topological polar surface area (TPSA) is 110 Å². The van der Waals surface area contributed by atoms with Gasteiger partial charge in [0.15, 0.2) is 0 Å². The van der Waals surface area contributed by atoms with Gasteiger partial charge in [0.2, 0.25) is 5.12 Å². The van der Waals surface area contributed by atoms with Crippen LogP contribution in [0.15, 0.2) is 12.5 Å². The number of aromatic nitrogens is 2. The third-order valence-electron chi connectivity index (χ3n) is 2.39. The van der Waals surface area contributed by atoms with Crippen LogP contribution in [0, 0.1) is 12.7 Å². The second-order valence-corrected chi connectivity index (χ2v) is 5.08. The Morgan fingerprint density at radius 2 is 2.47 bits per heavy atom. The van der Waals surface area contributed by atoms with Crippen LogP contribution < -0.4 is 16.8 Å². The Kier molecular flexibility index (Phi) is 7.73. The van der Waals surface area contributed by atoms with E-state index in [1.165, 1.54) is 0 Å². The highest BCUT2D eigenvalue weighted by molar-refractivity contribution is 8.15. The van der Waals surface area contributed by atoms with Gasteiger partial charge in [-0.15, -0.1) is 0 Å². The minimum absolute atomic E-state index is 0.0192. The Morgan fingerprint density at radius 1 is 1.68 bits per heavy atom. The Labute approximate surface area is 118 Å². The van der Waals surface area contributed by atoms with E-state index in [1.54, 1.807) is 18.3 Å². The molecule has 2 radical (unpaired) electrons. The van der Waals surface area contributed by atoms with E-state index in [9.17, 15) is 4.79 Å². The predicted molar refractivity (Wildman–Crippen MR) is 78.0 cm³/mol. The molecule has 6 nitrogen and oxygen atoms in total. The normalized spacial score (nSPS) is 14.3. The maximum absolute atomic E-state index is 12.1. The van der Waals surface area contributed by atoms with Gasteiger partial charge in [0.1, 0.15) is 0 Å². The van der Waals surface area contributed by atoms with Crippen molar-refractivity contribution in [1.82, 2.24) is 15.3 Å². The molecule has 0 saturated carbocycles. The second kappa shape index (κ2) is 9.08. The number of nitrogens with zero attached hydrogens (tertiary/aromatic N) is 1. The van der Waals surface area contributed by atoms with Crippen LogP contribution in [-0.2, 0) is 11.2 Å². The van der Waals surface area contributed by atoms with Crippen molar-refractivity contribution in [3.8, 4) is 0 Å². The highest BCUT2D eigenvalue weighted by atomic mass is 32.2. The summed E-state index contributed by atoms with van der Waals surface area (Å²) in [5.74, 6) is 1.63. The molecule has 0 fully saturated rings. The van der Waals surface area contributed by atoms with Gasteiger partial charge in [-0.25, -0.2) is 4.98 Å². The molecule has 0 amide bonds. The average molecular weight is 283 g/mol. The van der Waals surface area contributed by atoms with Crippen LogP contribution in [-0.4, -0.2) is 40.3 Å². The molecular weight excluding hydrogens is 262 g/mol. The number of carbonyl (C=O) groups excluding carboxylic acids is 1. The van der Waals surface area contributed by atoms with Gasteiger partial charge in [-0.1, -0.05) is 11.8 Å². The summed E-state index contributed by atoms with van der Waals surface area (Å²) in [5, 5.41) is 3.22. The molecule has 1 aromatic rings. The summed E-state index contributed by atoms with van der Waals surface area (Å²) in [6.45, 7) is 4.92. The largest absolute Gasteiger partial charge is 0.348 e. The Bertz CT molecular complexity index is 355. The Hall–Kier alpha value is -0.890. The molecule has 19 heavy (non-hydrogen) atoms. The lowest BCUT2D eigenvalue weighted by Crippen LogP contribution is -2.38. The summed E-state index contributed by atoms with van der Waals surface area (Å²) in [5.41, 5.74) is 11.9. The molecule has 1 rings (SSSR count). The number of rotatable bonds is 9. The van der Waals surface area contributed by atoms with Crippen molar-refractivity contribution < 1.29 is 4.79 Å². The van der Waals surface area contributed by atoms with E-state index < -0.39 is 0 Å². The summed E-state index contributed by atoms with van der Waals surface area (Å²) in [7, 11) is 0. The Morgan fingerprint density at radius 3 is 3.05 bits per heavy atom. The van der Waals surface area contributed by atoms with Crippen molar-refractivity contribution in [1.29, 1.82) is 0 Å². The van der Waals surface area contributed by atoms with Crippen molar-refractivity contribution in [2.24, 2.45) is 11.5 Å². The molecule has 0 bridgehead atoms. The van der Waals surface area contributed by atoms with Crippen LogP contribution in [0.3, 0.4) is 0 Å². The molecule has 0 aliphatic heterocycles. The fourth-order valence-corrected chi connectivity index (χ4v) is 2.11. The number of nitrogens with two attached hydrogens (primary N) is 2. The smallest absolute Gasteiger partial charge is 0.206 e. The van der Waals surface area contributed by atoms with Crippen LogP contribution in [0.1, 0.15) is 12.1 Å². The third kappa shape index (κ3) is 6.72. The number of imidazole rings is 1. The number of thioether (sulfide) groups is 1. The number of nitrogens with one attached hydrogen (secondary N) is 2. The van der Waals surface area contributed by atoms with Crippen molar-refractivity contribution in [2.45, 2.75) is 24.9 Å². The third-order valence-corrected chi connectivity index (χ3v) is 3.40. The van der Waals surface area contributed by atoms with E-state index in [-0.39, 0.29) is 17.2 Å². The number of aromatic amines is 1. The highest BCUT2D eigenvalue weighted by Crippen LogP contribution is 2.14. The summed E-state index contributed by atoms with van der Waals surface area (Å²) < 4.78 is 0. The highest BCUT2D eigenvalue weighted by Gasteiger charge is 2.19. The summed E-state index contributed by atoms with van der Waals surface area (Å²) in [4.78, 5) is 19.0. The van der Waals surface area contributed by atoms with Crippen LogP contribution >= 0.6 is 11.8 Å². The van der Waals surface area contributed by atoms with Crippen molar-refractivity contribution in [3.05, 3.63) is 30.9 Å². The van der Waals surface area contributed by atoms with Crippen molar-refractivity contribution in [3.63, 3.8) is 0 Å². The number of carbonyl (C=O) groups is 1. The zero-order valence-corrected chi connectivity index (χ0v) is 11.7. The van der Waals surface area contributed by atoms with Gasteiger partial charge < -0.3 is 21.8 Å². The maximum Gasteiger partial charge on any atom is 0.206 e. The van der Waals surface area contributed by atoms with E-state index >= 15 is 0 Å². The molecule has 1 unspecified atom stereocenters. The first-order valence-corrected chi connectivity index (χ1v) is 7.04.